The Morgan fingerprint density at radius 2 is 1.97 bits per heavy atom. The zero-order chi connectivity index (χ0) is 22.5. The number of unbranched alkanes of at least 4 members (excludes halogenated alkanes) is 1. The summed E-state index contributed by atoms with van der Waals surface area (Å²) in [5.41, 5.74) is 2.36. The number of likely N-dealkylation sites (tertiary alicyclic amines) is 1. The molecule has 0 radical (unpaired) electrons. The highest BCUT2D eigenvalue weighted by molar-refractivity contribution is 5.72. The first-order valence-corrected chi connectivity index (χ1v) is 11.6. The Bertz CT molecular complexity index is 958. The molecule has 32 heavy (non-hydrogen) atoms. The third-order valence-electron chi connectivity index (χ3n) is 7.52. The molecule has 4 aliphatic rings. The molecule has 1 saturated heterocycles. The number of carbonyl (C=O) groups excluding carboxylic acids is 2. The summed E-state index contributed by atoms with van der Waals surface area (Å²) in [6.45, 7) is 4.83. The smallest absolute Gasteiger partial charge is 0.308 e. The van der Waals surface area contributed by atoms with Crippen LogP contribution in [0, 0.1) is 5.92 Å². The summed E-state index contributed by atoms with van der Waals surface area (Å²) in [5, 5.41) is 0. The van der Waals surface area contributed by atoms with Crippen LogP contribution in [0.15, 0.2) is 24.3 Å². The molecule has 7 nitrogen and oxygen atoms in total. The van der Waals surface area contributed by atoms with Gasteiger partial charge >= 0.3 is 11.9 Å². The van der Waals surface area contributed by atoms with Gasteiger partial charge in [0.05, 0.1) is 6.61 Å². The van der Waals surface area contributed by atoms with Crippen LogP contribution in [-0.2, 0) is 30.9 Å². The van der Waals surface area contributed by atoms with E-state index in [0.29, 0.717) is 30.9 Å². The van der Waals surface area contributed by atoms with E-state index in [0.717, 1.165) is 38.0 Å². The molecule has 5 atom stereocenters. The van der Waals surface area contributed by atoms with Crippen molar-refractivity contribution in [3.63, 3.8) is 0 Å². The summed E-state index contributed by atoms with van der Waals surface area (Å²) in [6, 6.07) is 4.41. The van der Waals surface area contributed by atoms with Crippen molar-refractivity contribution in [1.82, 2.24) is 4.90 Å². The number of esters is 2. The van der Waals surface area contributed by atoms with Gasteiger partial charge < -0.3 is 23.8 Å². The Kier molecular flexibility index (Phi) is 5.50. The van der Waals surface area contributed by atoms with Gasteiger partial charge in [-0.3, -0.25) is 9.59 Å². The van der Waals surface area contributed by atoms with Gasteiger partial charge in [-0.25, -0.2) is 0 Å². The number of piperidine rings is 1. The molecule has 2 heterocycles. The SMILES string of the molecule is CC(=O)OCCCCOC1C=C[C@H]2[C@H]3Cc4ccc(OC(C)=O)c5c4[C@@]2(CCN3C)C1O5. The number of carbonyl (C=O) groups is 2. The van der Waals surface area contributed by atoms with E-state index in [2.05, 4.69) is 30.2 Å². The standard InChI is InChI=1S/C25H31NO6/c1-15(27)29-12-4-5-13-30-21-9-7-18-19-14-17-6-8-20(31-16(2)28)23-22(17)25(18,24(21)32-23)10-11-26(19)3/h6-9,18-19,21,24H,4-5,10-14H2,1-3H3/t18-,19+,21?,24?,25-/m0/s1. The maximum absolute atomic E-state index is 11.7. The molecule has 172 valence electrons. The van der Waals surface area contributed by atoms with Crippen LogP contribution in [0.1, 0.15) is 44.2 Å². The molecule has 7 heteroatoms. The van der Waals surface area contributed by atoms with Gasteiger partial charge in [0.15, 0.2) is 11.5 Å². The summed E-state index contributed by atoms with van der Waals surface area (Å²) >= 11 is 0. The molecule has 0 aromatic heterocycles. The van der Waals surface area contributed by atoms with Crippen LogP contribution in [0.5, 0.6) is 11.5 Å². The number of likely N-dealkylation sites (N-methyl/N-ethyl adjacent to an activating group) is 1. The van der Waals surface area contributed by atoms with Crippen molar-refractivity contribution < 1.29 is 28.5 Å². The summed E-state index contributed by atoms with van der Waals surface area (Å²) in [4.78, 5) is 25.1. The summed E-state index contributed by atoms with van der Waals surface area (Å²) < 4.78 is 23.5. The third-order valence-corrected chi connectivity index (χ3v) is 7.52. The van der Waals surface area contributed by atoms with E-state index < -0.39 is 0 Å². The lowest BCUT2D eigenvalue weighted by Crippen LogP contribution is -2.65. The van der Waals surface area contributed by atoms with Gasteiger partial charge in [0, 0.05) is 43.4 Å². The highest BCUT2D eigenvalue weighted by Gasteiger charge is 2.64. The van der Waals surface area contributed by atoms with E-state index in [-0.39, 0.29) is 29.6 Å². The highest BCUT2D eigenvalue weighted by Crippen LogP contribution is 2.62. The quantitative estimate of drug-likeness (QED) is 0.279. The predicted octanol–water partition coefficient (Wildman–Crippen LogP) is 2.79. The number of rotatable bonds is 7. The first kappa shape index (κ1) is 21.5. The topological polar surface area (TPSA) is 74.3 Å². The molecule has 1 aromatic carbocycles. The fraction of sp³-hybridized carbons (Fsp3) is 0.600. The predicted molar refractivity (Wildman–Crippen MR) is 117 cm³/mol. The van der Waals surface area contributed by atoms with E-state index in [1.807, 2.05) is 6.07 Å². The molecule has 2 aliphatic carbocycles. The number of hydrogen-bond acceptors (Lipinski definition) is 7. The van der Waals surface area contributed by atoms with Crippen molar-refractivity contribution in [2.24, 2.45) is 5.92 Å². The van der Waals surface area contributed by atoms with E-state index in [4.69, 9.17) is 18.9 Å². The van der Waals surface area contributed by atoms with Crippen LogP contribution in [0.3, 0.4) is 0 Å². The molecule has 1 fully saturated rings. The second-order valence-electron chi connectivity index (χ2n) is 9.39. The summed E-state index contributed by atoms with van der Waals surface area (Å²) in [5.74, 6) is 0.983. The van der Waals surface area contributed by atoms with Crippen LogP contribution < -0.4 is 9.47 Å². The maximum Gasteiger partial charge on any atom is 0.308 e. The van der Waals surface area contributed by atoms with Crippen LogP contribution >= 0.6 is 0 Å². The van der Waals surface area contributed by atoms with Gasteiger partial charge in [-0.2, -0.15) is 0 Å². The Morgan fingerprint density at radius 1 is 1.16 bits per heavy atom. The van der Waals surface area contributed by atoms with Crippen molar-refractivity contribution in [3.8, 4) is 11.5 Å². The third kappa shape index (κ3) is 3.33. The highest BCUT2D eigenvalue weighted by atomic mass is 16.6. The lowest BCUT2D eigenvalue weighted by molar-refractivity contribution is -0.141. The molecule has 0 amide bonds. The molecule has 1 spiro atoms. The Balaban J connectivity index is 1.43. The number of benzene rings is 1. The number of nitrogens with zero attached hydrogens (tertiary/aromatic N) is 1. The summed E-state index contributed by atoms with van der Waals surface area (Å²) in [7, 11) is 2.21. The van der Waals surface area contributed by atoms with Crippen LogP contribution in [0.2, 0.25) is 0 Å². The number of hydrogen-bond donors (Lipinski definition) is 0. The zero-order valence-corrected chi connectivity index (χ0v) is 19.0. The van der Waals surface area contributed by atoms with Gasteiger partial charge in [-0.15, -0.1) is 0 Å². The lowest BCUT2D eigenvalue weighted by Gasteiger charge is -2.56. The van der Waals surface area contributed by atoms with Gasteiger partial charge in [-0.05, 0) is 50.9 Å². The fourth-order valence-corrected chi connectivity index (χ4v) is 6.23. The Labute approximate surface area is 188 Å². The second kappa shape index (κ2) is 8.19. The normalized spacial score (nSPS) is 31.6. The minimum absolute atomic E-state index is 0.145. The van der Waals surface area contributed by atoms with Crippen molar-refractivity contribution >= 4 is 11.9 Å². The molecule has 2 unspecified atom stereocenters. The molecule has 2 aliphatic heterocycles. The molecule has 1 aromatic rings. The average molecular weight is 442 g/mol. The number of ether oxygens (including phenoxy) is 4. The Morgan fingerprint density at radius 3 is 2.75 bits per heavy atom. The first-order valence-electron chi connectivity index (χ1n) is 11.6. The largest absolute Gasteiger partial charge is 0.482 e. The molecular formula is C25H31NO6. The van der Waals surface area contributed by atoms with Gasteiger partial charge in [-0.1, -0.05) is 18.2 Å². The van der Waals surface area contributed by atoms with Gasteiger partial charge in [0.1, 0.15) is 12.2 Å². The second-order valence-corrected chi connectivity index (χ2v) is 9.39. The first-order chi connectivity index (χ1) is 15.4. The average Bonchev–Trinajstić information content (AvgIpc) is 3.10. The van der Waals surface area contributed by atoms with E-state index in [9.17, 15) is 9.59 Å². The van der Waals surface area contributed by atoms with Crippen LogP contribution in [-0.4, -0.2) is 61.9 Å². The van der Waals surface area contributed by atoms with Crippen LogP contribution in [0.25, 0.3) is 0 Å². The van der Waals surface area contributed by atoms with Crippen LogP contribution in [0.4, 0.5) is 0 Å². The molecule has 0 saturated carbocycles. The molecule has 0 N–H and O–H groups in total. The van der Waals surface area contributed by atoms with E-state index in [1.54, 1.807) is 0 Å². The maximum atomic E-state index is 11.7. The van der Waals surface area contributed by atoms with Gasteiger partial charge in [0.2, 0.25) is 0 Å². The zero-order valence-electron chi connectivity index (χ0n) is 19.0. The van der Waals surface area contributed by atoms with E-state index in [1.165, 1.54) is 25.0 Å². The molecule has 5 rings (SSSR count). The van der Waals surface area contributed by atoms with Crippen molar-refractivity contribution in [3.05, 3.63) is 35.4 Å². The Hall–Kier alpha value is -2.38. The minimum atomic E-state index is -0.343. The van der Waals surface area contributed by atoms with E-state index >= 15 is 0 Å². The monoisotopic (exact) mass is 441 g/mol. The lowest BCUT2D eigenvalue weighted by atomic mass is 9.53. The summed E-state index contributed by atoms with van der Waals surface area (Å²) in [6.07, 6.45) is 7.70. The van der Waals surface area contributed by atoms with Gasteiger partial charge in [0.25, 0.3) is 0 Å². The molecule has 2 bridgehead atoms. The minimum Gasteiger partial charge on any atom is -0.482 e. The fourth-order valence-electron chi connectivity index (χ4n) is 6.23. The molecular weight excluding hydrogens is 410 g/mol. The van der Waals surface area contributed by atoms with Crippen molar-refractivity contribution in [2.75, 3.05) is 26.8 Å². The van der Waals surface area contributed by atoms with Crippen molar-refractivity contribution in [2.45, 2.75) is 63.2 Å². The van der Waals surface area contributed by atoms with Crippen molar-refractivity contribution in [1.29, 1.82) is 0 Å².